The Morgan fingerprint density at radius 2 is 1.79 bits per heavy atom. The maximum atomic E-state index is 12.6. The number of amides is 1. The molecule has 1 amide bonds. The molecule has 7 nitrogen and oxygen atoms in total. The second kappa shape index (κ2) is 9.34. The Morgan fingerprint density at radius 1 is 1.07 bits per heavy atom. The Labute approximate surface area is 165 Å². The number of hydrogen-bond acceptors (Lipinski definition) is 5. The minimum Gasteiger partial charge on any atom is -0.455 e. The van der Waals surface area contributed by atoms with Crippen molar-refractivity contribution in [3.63, 3.8) is 0 Å². The molecule has 1 aliphatic carbocycles. The second-order valence-corrected chi connectivity index (χ2v) is 9.06. The van der Waals surface area contributed by atoms with Gasteiger partial charge in [0.05, 0.1) is 10.8 Å². The van der Waals surface area contributed by atoms with E-state index in [1.165, 1.54) is 16.4 Å². The van der Waals surface area contributed by atoms with Crippen molar-refractivity contribution in [2.45, 2.75) is 43.4 Å². The van der Waals surface area contributed by atoms with Gasteiger partial charge < -0.3 is 10.1 Å². The van der Waals surface area contributed by atoms with Crippen LogP contribution in [-0.2, 0) is 24.3 Å². The van der Waals surface area contributed by atoms with Gasteiger partial charge in [0.15, 0.2) is 6.61 Å². The summed E-state index contributed by atoms with van der Waals surface area (Å²) < 4.78 is 31.8. The summed E-state index contributed by atoms with van der Waals surface area (Å²) in [6.07, 6.45) is 9.03. The van der Waals surface area contributed by atoms with E-state index in [0.29, 0.717) is 25.2 Å². The third-order valence-electron chi connectivity index (χ3n) is 5.04. The lowest BCUT2D eigenvalue weighted by atomic mass is 9.95. The van der Waals surface area contributed by atoms with E-state index < -0.39 is 15.9 Å². The number of nitrogens with one attached hydrogen (secondary N) is 1. The number of piperidine rings is 1. The summed E-state index contributed by atoms with van der Waals surface area (Å²) in [5.74, 6) is -0.995. The number of esters is 1. The number of nitrogens with zero attached hydrogens (tertiary/aromatic N) is 1. The Kier molecular flexibility index (Phi) is 6.85. The Balaban J connectivity index is 1.51. The van der Waals surface area contributed by atoms with Gasteiger partial charge in [0.1, 0.15) is 0 Å². The molecule has 152 valence electrons. The molecule has 2 aliphatic rings. The highest BCUT2D eigenvalue weighted by atomic mass is 32.2. The Hall–Kier alpha value is -2.19. The maximum Gasteiger partial charge on any atom is 0.309 e. The summed E-state index contributed by atoms with van der Waals surface area (Å²) in [5, 5.41) is 2.62. The van der Waals surface area contributed by atoms with Crippen molar-refractivity contribution in [1.82, 2.24) is 4.31 Å². The van der Waals surface area contributed by atoms with Crippen molar-refractivity contribution in [3.8, 4) is 0 Å². The van der Waals surface area contributed by atoms with Crippen molar-refractivity contribution >= 4 is 27.6 Å². The first-order valence-electron chi connectivity index (χ1n) is 9.68. The molecule has 0 saturated carbocycles. The Morgan fingerprint density at radius 3 is 2.43 bits per heavy atom. The van der Waals surface area contributed by atoms with Gasteiger partial charge in [-0.2, -0.15) is 4.31 Å². The number of hydrogen-bond donors (Lipinski definition) is 1. The zero-order chi connectivity index (χ0) is 20.0. The molecule has 0 aromatic heterocycles. The molecule has 0 bridgehead atoms. The molecule has 0 radical (unpaired) electrons. The lowest BCUT2D eigenvalue weighted by Crippen LogP contribution is -2.35. The van der Waals surface area contributed by atoms with E-state index in [0.717, 1.165) is 32.1 Å². The van der Waals surface area contributed by atoms with Gasteiger partial charge in [-0.15, -0.1) is 0 Å². The highest BCUT2D eigenvalue weighted by Crippen LogP contribution is 2.22. The van der Waals surface area contributed by atoms with Crippen LogP contribution in [0.25, 0.3) is 0 Å². The molecular formula is C20H26N2O5S. The minimum absolute atomic E-state index is 0.183. The predicted octanol–water partition coefficient (Wildman–Crippen LogP) is 2.70. The van der Waals surface area contributed by atoms with Crippen LogP contribution in [0.3, 0.4) is 0 Å². The standard InChI is InChI=1S/C20H26N2O5S/c23-19(15-27-20(24)16-7-3-1-4-8-16)21-17-9-11-18(12-10-17)28(25,26)22-13-5-2-6-14-22/h1,3,9-12,16H,2,4-8,13-15H2,(H,21,23). The lowest BCUT2D eigenvalue weighted by Gasteiger charge is -2.25. The van der Waals surface area contributed by atoms with Crippen LogP contribution in [0, 0.1) is 5.92 Å². The van der Waals surface area contributed by atoms with Crippen LogP contribution in [0.5, 0.6) is 0 Å². The SMILES string of the molecule is O=C(COC(=O)C1CC=CCC1)Nc1ccc(S(=O)(=O)N2CCCCC2)cc1. The zero-order valence-corrected chi connectivity index (χ0v) is 16.6. The van der Waals surface area contributed by atoms with Crippen LogP contribution < -0.4 is 5.32 Å². The molecule has 1 aromatic rings. The molecular weight excluding hydrogens is 380 g/mol. The van der Waals surface area contributed by atoms with E-state index in [-0.39, 0.29) is 23.4 Å². The van der Waals surface area contributed by atoms with Gasteiger partial charge in [0.2, 0.25) is 10.0 Å². The first-order chi connectivity index (χ1) is 13.5. The fraction of sp³-hybridized carbons (Fsp3) is 0.500. The molecule has 0 spiro atoms. The lowest BCUT2D eigenvalue weighted by molar-refractivity contribution is -0.151. The van der Waals surface area contributed by atoms with Gasteiger partial charge in [-0.1, -0.05) is 18.6 Å². The van der Waals surface area contributed by atoms with Crippen LogP contribution in [0.4, 0.5) is 5.69 Å². The fourth-order valence-corrected chi connectivity index (χ4v) is 4.94. The van der Waals surface area contributed by atoms with E-state index in [4.69, 9.17) is 4.74 Å². The summed E-state index contributed by atoms with van der Waals surface area (Å²) in [6, 6.07) is 6.06. The molecule has 1 unspecified atom stereocenters. The van der Waals surface area contributed by atoms with Gasteiger partial charge in [0, 0.05) is 18.8 Å². The van der Waals surface area contributed by atoms with Gasteiger partial charge in [-0.3, -0.25) is 9.59 Å². The average molecular weight is 407 g/mol. The van der Waals surface area contributed by atoms with Crippen molar-refractivity contribution in [1.29, 1.82) is 0 Å². The van der Waals surface area contributed by atoms with Crippen molar-refractivity contribution in [2.24, 2.45) is 5.92 Å². The number of carbonyl (C=O) groups is 2. The fourth-order valence-electron chi connectivity index (χ4n) is 3.42. The molecule has 1 heterocycles. The average Bonchev–Trinajstić information content (AvgIpc) is 2.73. The predicted molar refractivity (Wildman–Crippen MR) is 105 cm³/mol. The number of sulfonamides is 1. The normalized spacial score (nSPS) is 20.5. The van der Waals surface area contributed by atoms with Crippen LogP contribution in [-0.4, -0.2) is 44.3 Å². The number of carbonyl (C=O) groups excluding carboxylic acids is 2. The smallest absolute Gasteiger partial charge is 0.309 e. The molecule has 1 atom stereocenters. The molecule has 3 rings (SSSR count). The number of benzene rings is 1. The number of anilines is 1. The molecule has 1 aliphatic heterocycles. The largest absolute Gasteiger partial charge is 0.455 e. The zero-order valence-electron chi connectivity index (χ0n) is 15.8. The van der Waals surface area contributed by atoms with E-state index in [2.05, 4.69) is 5.32 Å². The minimum atomic E-state index is -3.50. The quantitative estimate of drug-likeness (QED) is 0.579. The highest BCUT2D eigenvalue weighted by molar-refractivity contribution is 7.89. The third kappa shape index (κ3) is 5.20. The van der Waals surface area contributed by atoms with Gasteiger partial charge in [-0.05, 0) is 56.4 Å². The molecule has 28 heavy (non-hydrogen) atoms. The summed E-state index contributed by atoms with van der Waals surface area (Å²) in [6.45, 7) is 0.735. The summed E-state index contributed by atoms with van der Waals surface area (Å²) in [5.41, 5.74) is 0.458. The number of ether oxygens (including phenoxy) is 1. The van der Waals surface area contributed by atoms with Crippen LogP contribution >= 0.6 is 0 Å². The monoisotopic (exact) mass is 406 g/mol. The topological polar surface area (TPSA) is 92.8 Å². The molecule has 1 fully saturated rings. The summed E-state index contributed by atoms with van der Waals surface area (Å²) >= 11 is 0. The van der Waals surface area contributed by atoms with Gasteiger partial charge >= 0.3 is 5.97 Å². The highest BCUT2D eigenvalue weighted by Gasteiger charge is 2.26. The van der Waals surface area contributed by atoms with E-state index in [9.17, 15) is 18.0 Å². The first kappa shape index (κ1) is 20.5. The molecule has 1 saturated heterocycles. The third-order valence-corrected chi connectivity index (χ3v) is 6.95. The summed E-state index contributed by atoms with van der Waals surface area (Å²) in [7, 11) is -3.50. The van der Waals surface area contributed by atoms with Gasteiger partial charge in [-0.25, -0.2) is 8.42 Å². The first-order valence-corrected chi connectivity index (χ1v) is 11.1. The van der Waals surface area contributed by atoms with E-state index in [1.54, 1.807) is 12.1 Å². The molecule has 8 heteroatoms. The van der Waals surface area contributed by atoms with Gasteiger partial charge in [0.25, 0.3) is 5.91 Å². The van der Waals surface area contributed by atoms with E-state index >= 15 is 0 Å². The summed E-state index contributed by atoms with van der Waals surface area (Å²) in [4.78, 5) is 24.2. The number of allylic oxidation sites excluding steroid dienone is 2. The van der Waals surface area contributed by atoms with E-state index in [1.807, 2.05) is 12.2 Å². The van der Waals surface area contributed by atoms with Crippen LogP contribution in [0.2, 0.25) is 0 Å². The second-order valence-electron chi connectivity index (χ2n) is 7.13. The maximum absolute atomic E-state index is 12.6. The molecule has 1 N–H and O–H groups in total. The number of rotatable bonds is 6. The van der Waals surface area contributed by atoms with Crippen LogP contribution in [0.15, 0.2) is 41.3 Å². The van der Waals surface area contributed by atoms with Crippen molar-refractivity contribution in [2.75, 3.05) is 25.0 Å². The van der Waals surface area contributed by atoms with Crippen molar-refractivity contribution < 1.29 is 22.7 Å². The molecule has 1 aromatic carbocycles. The van der Waals surface area contributed by atoms with Crippen LogP contribution in [0.1, 0.15) is 38.5 Å². The Bertz CT molecular complexity index is 827. The van der Waals surface area contributed by atoms with Crippen molar-refractivity contribution in [3.05, 3.63) is 36.4 Å².